The number of esters is 1. The van der Waals surface area contributed by atoms with Crippen LogP contribution in [0.2, 0.25) is 0 Å². The van der Waals surface area contributed by atoms with Crippen LogP contribution in [0.1, 0.15) is 65.4 Å². The predicted octanol–water partition coefficient (Wildman–Crippen LogP) is 6.05. The lowest BCUT2D eigenvalue weighted by molar-refractivity contribution is -0.137. The van der Waals surface area contributed by atoms with E-state index in [1.54, 1.807) is 48.5 Å². The van der Waals surface area contributed by atoms with E-state index in [4.69, 9.17) is 14.2 Å². The molecule has 0 saturated heterocycles. The van der Waals surface area contributed by atoms with Crippen molar-refractivity contribution in [1.82, 2.24) is 9.47 Å². The van der Waals surface area contributed by atoms with E-state index in [0.717, 1.165) is 9.47 Å². The zero-order valence-electron chi connectivity index (χ0n) is 22.0. The average molecular weight is 630 g/mol. The summed E-state index contributed by atoms with van der Waals surface area (Å²) in [5.41, 5.74) is -1.72. The third-order valence-corrected chi connectivity index (χ3v) is 5.66. The van der Waals surface area contributed by atoms with Crippen molar-refractivity contribution >= 4 is 57.6 Å². The number of amides is 2. The van der Waals surface area contributed by atoms with E-state index < -0.39 is 41.1 Å². The Morgan fingerprint density at radius 2 is 1.68 bits per heavy atom. The predicted molar refractivity (Wildman–Crippen MR) is 144 cm³/mol. The Kier molecular flexibility index (Phi) is 9.86. The highest BCUT2D eigenvalue weighted by Gasteiger charge is 2.35. The maximum Gasteiger partial charge on any atom is 0.419 e. The van der Waals surface area contributed by atoms with Crippen molar-refractivity contribution in [2.24, 2.45) is 0 Å². The summed E-state index contributed by atoms with van der Waals surface area (Å²) in [7, 11) is 0. The molecule has 2 rings (SSSR count). The molecule has 0 unspecified atom stereocenters. The lowest BCUT2D eigenvalue weighted by atomic mass is 10.2. The topological polar surface area (TPSA) is 104 Å². The van der Waals surface area contributed by atoms with E-state index >= 15 is 0 Å². The summed E-state index contributed by atoms with van der Waals surface area (Å²) in [6.07, 6.45) is 0.978. The van der Waals surface area contributed by atoms with E-state index in [9.17, 15) is 23.6 Å². The van der Waals surface area contributed by atoms with Gasteiger partial charge in [-0.1, -0.05) is 6.08 Å². The van der Waals surface area contributed by atoms with Crippen LogP contribution in [0.5, 0.6) is 0 Å². The average Bonchev–Trinajstić information content (AvgIpc) is 3.03. The summed E-state index contributed by atoms with van der Waals surface area (Å²) in [5, 5.41) is 0.307. The number of carbonyl (C=O) groups excluding carboxylic acids is 4. The van der Waals surface area contributed by atoms with Gasteiger partial charge in [0.2, 0.25) is 0 Å². The molecule has 0 atom stereocenters. The SMILES string of the molecule is CCOC(=O)/C=C/CCN(C(=O)OC(C)(C)C)C(=O)c1c(I)c2cc(F)ccc2n1C(=O)OC(C)(C)C. The summed E-state index contributed by atoms with van der Waals surface area (Å²) >= 11 is 1.84. The van der Waals surface area contributed by atoms with Crippen LogP contribution in [-0.2, 0) is 19.0 Å². The van der Waals surface area contributed by atoms with Crippen LogP contribution in [0, 0.1) is 9.39 Å². The normalized spacial score (nSPS) is 12.0. The molecular formula is C26H32FIN2O7. The molecule has 9 nitrogen and oxygen atoms in total. The lowest BCUT2D eigenvalue weighted by Crippen LogP contribution is -2.43. The summed E-state index contributed by atoms with van der Waals surface area (Å²) in [6.45, 7) is 11.7. The number of nitrogens with zero attached hydrogens (tertiary/aromatic N) is 2. The Balaban J connectivity index is 2.60. The van der Waals surface area contributed by atoms with Crippen LogP contribution in [0.3, 0.4) is 0 Å². The molecule has 1 aromatic heterocycles. The van der Waals surface area contributed by atoms with E-state index in [-0.39, 0.29) is 34.4 Å². The van der Waals surface area contributed by atoms with Gasteiger partial charge in [-0.05, 0) is 95.7 Å². The third-order valence-electron chi connectivity index (χ3n) is 4.57. The number of carbonyl (C=O) groups is 4. The van der Waals surface area contributed by atoms with E-state index in [1.165, 1.54) is 30.4 Å². The smallest absolute Gasteiger partial charge is 0.419 e. The fourth-order valence-corrected chi connectivity index (χ4v) is 4.11. The highest BCUT2D eigenvalue weighted by molar-refractivity contribution is 14.1. The number of benzene rings is 1. The highest BCUT2D eigenvalue weighted by atomic mass is 127. The molecule has 2 aromatic rings. The van der Waals surface area contributed by atoms with Gasteiger partial charge in [0.15, 0.2) is 0 Å². The molecule has 0 aliphatic heterocycles. The van der Waals surface area contributed by atoms with Gasteiger partial charge in [0.25, 0.3) is 5.91 Å². The number of hydrogen-bond acceptors (Lipinski definition) is 7. The second kappa shape index (κ2) is 12.1. The van der Waals surface area contributed by atoms with Gasteiger partial charge in [-0.25, -0.2) is 28.2 Å². The molecule has 0 aliphatic rings. The highest BCUT2D eigenvalue weighted by Crippen LogP contribution is 2.31. The van der Waals surface area contributed by atoms with Crippen molar-refractivity contribution < 1.29 is 37.8 Å². The maximum atomic E-state index is 14.1. The second-order valence-electron chi connectivity index (χ2n) is 10.0. The van der Waals surface area contributed by atoms with Crippen molar-refractivity contribution in [3.8, 4) is 0 Å². The number of halogens is 2. The molecule has 0 saturated carbocycles. The van der Waals surface area contributed by atoms with Gasteiger partial charge in [-0.3, -0.25) is 4.79 Å². The van der Waals surface area contributed by atoms with Crippen molar-refractivity contribution in [1.29, 1.82) is 0 Å². The fraction of sp³-hybridized carbons (Fsp3) is 0.462. The largest absolute Gasteiger partial charge is 0.463 e. The first kappa shape index (κ1) is 30.3. The van der Waals surface area contributed by atoms with Crippen molar-refractivity contribution in [3.05, 3.63) is 45.4 Å². The molecule has 0 bridgehead atoms. The molecule has 0 N–H and O–H groups in total. The van der Waals surface area contributed by atoms with Crippen LogP contribution >= 0.6 is 22.6 Å². The second-order valence-corrected chi connectivity index (χ2v) is 11.1. The molecule has 0 fully saturated rings. The molecule has 0 spiro atoms. The van der Waals surface area contributed by atoms with Crippen LogP contribution in [0.4, 0.5) is 14.0 Å². The van der Waals surface area contributed by atoms with Gasteiger partial charge in [0, 0.05) is 18.0 Å². The summed E-state index contributed by atoms with van der Waals surface area (Å²) in [5.74, 6) is -1.95. The Morgan fingerprint density at radius 3 is 2.24 bits per heavy atom. The first-order valence-corrected chi connectivity index (χ1v) is 12.7. The zero-order valence-corrected chi connectivity index (χ0v) is 24.2. The van der Waals surface area contributed by atoms with Crippen LogP contribution in [0.15, 0.2) is 30.4 Å². The Bertz CT molecular complexity index is 1220. The molecule has 37 heavy (non-hydrogen) atoms. The van der Waals surface area contributed by atoms with Crippen molar-refractivity contribution in [3.63, 3.8) is 0 Å². The summed E-state index contributed by atoms with van der Waals surface area (Å²) in [6, 6.07) is 3.74. The molecule has 0 radical (unpaired) electrons. The monoisotopic (exact) mass is 630 g/mol. The van der Waals surface area contributed by atoms with E-state index in [0.29, 0.717) is 5.39 Å². The van der Waals surface area contributed by atoms with E-state index in [2.05, 4.69) is 0 Å². The molecule has 2 amide bonds. The van der Waals surface area contributed by atoms with Gasteiger partial charge in [-0.15, -0.1) is 0 Å². The number of aromatic nitrogens is 1. The van der Waals surface area contributed by atoms with Crippen LogP contribution in [0.25, 0.3) is 10.9 Å². The third kappa shape index (κ3) is 8.27. The fourth-order valence-electron chi connectivity index (χ4n) is 3.21. The first-order valence-electron chi connectivity index (χ1n) is 11.7. The summed E-state index contributed by atoms with van der Waals surface area (Å²) < 4.78 is 31.2. The lowest BCUT2D eigenvalue weighted by Gasteiger charge is -2.26. The molecule has 11 heteroatoms. The van der Waals surface area contributed by atoms with Crippen LogP contribution < -0.4 is 0 Å². The Hall–Kier alpha value is -2.96. The summed E-state index contributed by atoms with van der Waals surface area (Å²) in [4.78, 5) is 52.6. The number of imide groups is 1. The number of ether oxygens (including phenoxy) is 3. The van der Waals surface area contributed by atoms with Crippen molar-refractivity contribution in [2.45, 2.75) is 66.1 Å². The number of hydrogen-bond donors (Lipinski definition) is 0. The zero-order chi connectivity index (χ0) is 28.1. The minimum Gasteiger partial charge on any atom is -0.463 e. The van der Waals surface area contributed by atoms with Crippen molar-refractivity contribution in [2.75, 3.05) is 13.2 Å². The number of fused-ring (bicyclic) bond motifs is 1. The van der Waals surface area contributed by atoms with Gasteiger partial charge in [0.1, 0.15) is 22.7 Å². The minimum absolute atomic E-state index is 0.113. The molecule has 0 aliphatic carbocycles. The number of rotatable bonds is 6. The molecule has 1 heterocycles. The van der Waals surface area contributed by atoms with Gasteiger partial charge in [0.05, 0.1) is 15.7 Å². The maximum absolute atomic E-state index is 14.1. The Labute approximate surface area is 229 Å². The van der Waals surface area contributed by atoms with Gasteiger partial charge in [-0.2, -0.15) is 0 Å². The van der Waals surface area contributed by atoms with E-state index in [1.807, 2.05) is 22.6 Å². The quantitative estimate of drug-likeness (QED) is 0.166. The van der Waals surface area contributed by atoms with Gasteiger partial charge >= 0.3 is 18.2 Å². The molecular weight excluding hydrogens is 598 g/mol. The molecule has 202 valence electrons. The minimum atomic E-state index is -0.940. The first-order chi connectivity index (χ1) is 17.1. The standard InChI is InChI=1S/C26H32FIN2O7/c1-8-35-19(31)11-9-10-14-29(23(33)36-25(2,3)4)22(32)21-20(28)17-15-16(27)12-13-18(17)30(21)24(34)37-26(5,6)7/h9,11-13,15H,8,10,14H2,1-7H3/b11-9+. The van der Waals surface area contributed by atoms with Gasteiger partial charge < -0.3 is 14.2 Å². The van der Waals surface area contributed by atoms with Crippen LogP contribution in [-0.4, -0.2) is 57.9 Å². The Morgan fingerprint density at radius 1 is 1.05 bits per heavy atom. The molecule has 1 aromatic carbocycles.